The van der Waals surface area contributed by atoms with Gasteiger partial charge in [-0.05, 0) is 12.5 Å². The minimum absolute atomic E-state index is 0.0365. The van der Waals surface area contributed by atoms with Crippen molar-refractivity contribution in [3.63, 3.8) is 0 Å². The first-order chi connectivity index (χ1) is 14.3. The third-order valence-corrected chi connectivity index (χ3v) is 5.28. The number of carbonyl (C=O) groups is 1. The van der Waals surface area contributed by atoms with Crippen LogP contribution in [0.4, 0.5) is 0 Å². The second kappa shape index (κ2) is 7.35. The van der Waals surface area contributed by atoms with Gasteiger partial charge >= 0.3 is 0 Å². The van der Waals surface area contributed by atoms with Gasteiger partial charge in [0.2, 0.25) is 0 Å². The zero-order valence-electron chi connectivity index (χ0n) is 15.8. The second-order valence-electron chi connectivity index (χ2n) is 7.18. The lowest BCUT2D eigenvalue weighted by atomic mass is 10.1. The molecule has 2 aromatic carbocycles. The molecule has 3 heterocycles. The maximum Gasteiger partial charge on any atom is 0.271 e. The Kier molecular flexibility index (Phi) is 4.40. The van der Waals surface area contributed by atoms with E-state index < -0.39 is 0 Å². The van der Waals surface area contributed by atoms with E-state index >= 15 is 0 Å². The van der Waals surface area contributed by atoms with Crippen LogP contribution in [0.15, 0.2) is 72.9 Å². The number of H-pyrrole nitrogens is 1. The largest absolute Gasteiger partial charge is 0.335 e. The standard InChI is InChI=1S/C22H20N6O/c29-22(20-13-19(23-24-20)16-7-3-1-4-8-16)27-12-11-18(14-27)28-15-21(25-26-28)17-9-5-2-6-10-17/h1-10,13,15,18H,11-12,14H2,(H,23,24). The molecular formula is C22H20N6O. The molecule has 0 radical (unpaired) electrons. The number of nitrogens with one attached hydrogen (secondary N) is 1. The lowest BCUT2D eigenvalue weighted by Crippen LogP contribution is -2.29. The van der Waals surface area contributed by atoms with E-state index in [2.05, 4.69) is 20.5 Å². The normalized spacial score (nSPS) is 16.3. The summed E-state index contributed by atoms with van der Waals surface area (Å²) in [7, 11) is 0. The number of benzene rings is 2. The number of aromatic amines is 1. The SMILES string of the molecule is O=C(c1cc(-c2ccccc2)n[nH]1)N1CCC(n2cc(-c3ccccc3)nn2)C1. The Hall–Kier alpha value is -3.74. The first-order valence-electron chi connectivity index (χ1n) is 9.65. The van der Waals surface area contributed by atoms with Crippen molar-refractivity contribution in [1.29, 1.82) is 0 Å². The maximum absolute atomic E-state index is 12.9. The summed E-state index contributed by atoms with van der Waals surface area (Å²) in [5.74, 6) is -0.0365. The Labute approximate surface area is 168 Å². The molecule has 29 heavy (non-hydrogen) atoms. The fraction of sp³-hybridized carbons (Fsp3) is 0.182. The molecule has 1 aliphatic heterocycles. The molecule has 0 saturated carbocycles. The lowest BCUT2D eigenvalue weighted by Gasteiger charge is -2.15. The molecule has 1 atom stereocenters. The van der Waals surface area contributed by atoms with E-state index in [0.717, 1.165) is 28.9 Å². The van der Waals surface area contributed by atoms with Crippen LogP contribution in [0.2, 0.25) is 0 Å². The molecule has 5 rings (SSSR count). The van der Waals surface area contributed by atoms with Gasteiger partial charge in [-0.25, -0.2) is 4.68 Å². The van der Waals surface area contributed by atoms with Gasteiger partial charge < -0.3 is 4.90 Å². The molecule has 1 fully saturated rings. The third kappa shape index (κ3) is 3.42. The molecule has 7 heteroatoms. The number of aromatic nitrogens is 5. The third-order valence-electron chi connectivity index (χ3n) is 5.28. The fourth-order valence-corrected chi connectivity index (χ4v) is 3.70. The van der Waals surface area contributed by atoms with E-state index in [1.165, 1.54) is 0 Å². The molecular weight excluding hydrogens is 364 g/mol. The van der Waals surface area contributed by atoms with Gasteiger partial charge in [-0.2, -0.15) is 5.10 Å². The summed E-state index contributed by atoms with van der Waals surface area (Å²) in [5.41, 5.74) is 4.15. The summed E-state index contributed by atoms with van der Waals surface area (Å²) in [6.07, 6.45) is 2.81. The van der Waals surface area contributed by atoms with E-state index in [1.54, 1.807) is 0 Å². The second-order valence-corrected chi connectivity index (χ2v) is 7.18. The van der Waals surface area contributed by atoms with Crippen LogP contribution in [0.3, 0.4) is 0 Å². The highest BCUT2D eigenvalue weighted by molar-refractivity contribution is 5.93. The Morgan fingerprint density at radius 3 is 2.38 bits per heavy atom. The summed E-state index contributed by atoms with van der Waals surface area (Å²) in [5, 5.41) is 15.8. The average molecular weight is 384 g/mol. The van der Waals surface area contributed by atoms with Crippen molar-refractivity contribution >= 4 is 5.91 Å². The van der Waals surface area contributed by atoms with Crippen LogP contribution >= 0.6 is 0 Å². The van der Waals surface area contributed by atoms with E-state index in [9.17, 15) is 4.79 Å². The molecule has 0 bridgehead atoms. The molecule has 2 aromatic heterocycles. The average Bonchev–Trinajstić information content (AvgIpc) is 3.55. The van der Waals surface area contributed by atoms with Crippen LogP contribution < -0.4 is 0 Å². The predicted octanol–water partition coefficient (Wildman–Crippen LogP) is 3.42. The lowest BCUT2D eigenvalue weighted by molar-refractivity contribution is 0.0781. The van der Waals surface area contributed by atoms with Gasteiger partial charge in [0, 0.05) is 24.2 Å². The molecule has 1 amide bonds. The van der Waals surface area contributed by atoms with E-state index in [4.69, 9.17) is 0 Å². The molecule has 0 spiro atoms. The zero-order valence-corrected chi connectivity index (χ0v) is 15.8. The number of hydrogen-bond donors (Lipinski definition) is 1. The van der Waals surface area contributed by atoms with Crippen molar-refractivity contribution in [1.82, 2.24) is 30.1 Å². The molecule has 1 N–H and O–H groups in total. The summed E-state index contributed by atoms with van der Waals surface area (Å²) >= 11 is 0. The number of rotatable bonds is 4. The maximum atomic E-state index is 12.9. The van der Waals surface area contributed by atoms with Crippen molar-refractivity contribution in [2.75, 3.05) is 13.1 Å². The molecule has 1 unspecified atom stereocenters. The molecule has 7 nitrogen and oxygen atoms in total. The number of hydrogen-bond acceptors (Lipinski definition) is 4. The number of amides is 1. The highest BCUT2D eigenvalue weighted by Crippen LogP contribution is 2.25. The van der Waals surface area contributed by atoms with E-state index in [0.29, 0.717) is 18.8 Å². The first-order valence-corrected chi connectivity index (χ1v) is 9.65. The summed E-state index contributed by atoms with van der Waals surface area (Å²) in [6.45, 7) is 1.29. The molecule has 0 aliphatic carbocycles. The number of nitrogens with zero attached hydrogens (tertiary/aromatic N) is 5. The van der Waals surface area contributed by atoms with Crippen LogP contribution in [0.1, 0.15) is 23.0 Å². The van der Waals surface area contributed by atoms with Crippen LogP contribution in [-0.4, -0.2) is 49.1 Å². The van der Waals surface area contributed by atoms with Crippen LogP contribution in [0, 0.1) is 0 Å². The molecule has 1 aliphatic rings. The van der Waals surface area contributed by atoms with Crippen molar-refractivity contribution in [2.45, 2.75) is 12.5 Å². The van der Waals surface area contributed by atoms with Gasteiger partial charge in [0.05, 0.1) is 17.9 Å². The molecule has 1 saturated heterocycles. The van der Waals surface area contributed by atoms with Gasteiger partial charge in [-0.3, -0.25) is 9.89 Å². The predicted molar refractivity (Wildman–Crippen MR) is 109 cm³/mol. The van der Waals surface area contributed by atoms with E-state index in [1.807, 2.05) is 82.5 Å². The van der Waals surface area contributed by atoms with E-state index in [-0.39, 0.29) is 11.9 Å². The van der Waals surface area contributed by atoms with Crippen molar-refractivity contribution in [3.8, 4) is 22.5 Å². The van der Waals surface area contributed by atoms with Crippen LogP contribution in [0.25, 0.3) is 22.5 Å². The topological polar surface area (TPSA) is 79.7 Å². The smallest absolute Gasteiger partial charge is 0.271 e. The number of carbonyl (C=O) groups excluding carboxylic acids is 1. The first kappa shape index (κ1) is 17.4. The Morgan fingerprint density at radius 2 is 1.66 bits per heavy atom. The number of likely N-dealkylation sites (tertiary alicyclic amines) is 1. The van der Waals surface area contributed by atoms with Gasteiger partial charge in [-0.1, -0.05) is 65.9 Å². The zero-order chi connectivity index (χ0) is 19.6. The van der Waals surface area contributed by atoms with Crippen molar-refractivity contribution < 1.29 is 4.79 Å². The van der Waals surface area contributed by atoms with Crippen LogP contribution in [0.5, 0.6) is 0 Å². The quantitative estimate of drug-likeness (QED) is 0.585. The highest BCUT2D eigenvalue weighted by atomic mass is 16.2. The summed E-state index contributed by atoms with van der Waals surface area (Å²) in [6, 6.07) is 21.7. The van der Waals surface area contributed by atoms with Gasteiger partial charge in [0.15, 0.2) is 0 Å². The summed E-state index contributed by atoms with van der Waals surface area (Å²) in [4.78, 5) is 14.7. The van der Waals surface area contributed by atoms with Crippen molar-refractivity contribution in [2.24, 2.45) is 0 Å². The Balaban J connectivity index is 1.28. The highest BCUT2D eigenvalue weighted by Gasteiger charge is 2.30. The Bertz CT molecular complexity index is 1120. The minimum Gasteiger partial charge on any atom is -0.335 e. The Morgan fingerprint density at radius 1 is 0.966 bits per heavy atom. The fourth-order valence-electron chi connectivity index (χ4n) is 3.70. The molecule has 144 valence electrons. The summed E-state index contributed by atoms with van der Waals surface area (Å²) < 4.78 is 1.87. The van der Waals surface area contributed by atoms with Gasteiger partial charge in [-0.15, -0.1) is 5.10 Å². The minimum atomic E-state index is -0.0365. The van der Waals surface area contributed by atoms with Crippen LogP contribution in [-0.2, 0) is 0 Å². The van der Waals surface area contributed by atoms with Gasteiger partial charge in [0.25, 0.3) is 5.91 Å². The monoisotopic (exact) mass is 384 g/mol. The molecule has 4 aromatic rings. The van der Waals surface area contributed by atoms with Crippen molar-refractivity contribution in [3.05, 3.63) is 78.6 Å². The van der Waals surface area contributed by atoms with Gasteiger partial charge in [0.1, 0.15) is 11.4 Å².